The Labute approximate surface area is 182 Å². The molecule has 0 amide bonds. The van der Waals surface area contributed by atoms with Crippen molar-refractivity contribution in [3.05, 3.63) is 88.9 Å². The van der Waals surface area contributed by atoms with Crippen LogP contribution in [0.4, 0.5) is 5.82 Å². The van der Waals surface area contributed by atoms with Crippen LogP contribution in [0.3, 0.4) is 0 Å². The highest BCUT2D eigenvalue weighted by Crippen LogP contribution is 2.35. The zero-order chi connectivity index (χ0) is 20.5. The molecule has 3 aromatic carbocycles. The van der Waals surface area contributed by atoms with Crippen LogP contribution >= 0.6 is 11.6 Å². The number of fused-ring (bicyclic) bond motifs is 1. The lowest BCUT2D eigenvalue weighted by Gasteiger charge is -2.11. The van der Waals surface area contributed by atoms with Crippen molar-refractivity contribution in [2.45, 2.75) is 26.2 Å². The fraction of sp³-hybridized carbons (Fsp3) is 0.192. The van der Waals surface area contributed by atoms with Gasteiger partial charge in [-0.3, -0.25) is 0 Å². The molecule has 0 atom stereocenters. The van der Waals surface area contributed by atoms with Crippen LogP contribution < -0.4 is 5.32 Å². The van der Waals surface area contributed by atoms with Crippen LogP contribution in [0, 0.1) is 6.92 Å². The smallest absolute Gasteiger partial charge is 0.133 e. The minimum absolute atomic E-state index is 0.749. The maximum atomic E-state index is 6.20. The number of aromatic nitrogens is 2. The molecule has 3 nitrogen and oxygen atoms in total. The third kappa shape index (κ3) is 3.50. The summed E-state index contributed by atoms with van der Waals surface area (Å²) in [5.41, 5.74) is 8.15. The Morgan fingerprint density at radius 1 is 0.867 bits per heavy atom. The maximum absolute atomic E-state index is 6.20. The van der Waals surface area contributed by atoms with Gasteiger partial charge < -0.3 is 5.32 Å². The van der Waals surface area contributed by atoms with Gasteiger partial charge in [-0.1, -0.05) is 66.2 Å². The molecular weight excluding hydrogens is 390 g/mol. The highest BCUT2D eigenvalue weighted by molar-refractivity contribution is 6.30. The van der Waals surface area contributed by atoms with Gasteiger partial charge in [0.15, 0.2) is 0 Å². The molecule has 0 saturated carbocycles. The second-order valence-electron chi connectivity index (χ2n) is 7.85. The molecule has 150 valence electrons. The summed E-state index contributed by atoms with van der Waals surface area (Å²) in [6.07, 6.45) is 3.37. The molecule has 5 rings (SSSR count). The molecule has 2 heterocycles. The maximum Gasteiger partial charge on any atom is 0.133 e. The third-order valence-electron chi connectivity index (χ3n) is 5.78. The normalized spacial score (nSPS) is 13.4. The standard InChI is InChI=1S/C26H24ClN3/c1-18-17-22(27)14-15-24(18)30-26-23(9-5-6-16-28-26)25(29-30)21-12-10-20(11-13-21)19-7-3-2-4-8-19/h2-4,7-8,10-15,17,28H,5-6,9,16H2,1H3. The highest BCUT2D eigenvalue weighted by Gasteiger charge is 2.22. The Kier molecular flexibility index (Phi) is 5.06. The van der Waals surface area contributed by atoms with Crippen molar-refractivity contribution in [3.63, 3.8) is 0 Å². The van der Waals surface area contributed by atoms with E-state index in [1.165, 1.54) is 29.5 Å². The molecular formula is C26H24ClN3. The Bertz CT molecular complexity index is 1180. The van der Waals surface area contributed by atoms with E-state index in [0.29, 0.717) is 0 Å². The van der Waals surface area contributed by atoms with Gasteiger partial charge in [0.25, 0.3) is 0 Å². The number of aryl methyl sites for hydroxylation is 1. The fourth-order valence-electron chi connectivity index (χ4n) is 4.22. The van der Waals surface area contributed by atoms with Crippen molar-refractivity contribution in [2.24, 2.45) is 0 Å². The number of halogens is 1. The third-order valence-corrected chi connectivity index (χ3v) is 6.02. The average Bonchev–Trinajstić information content (AvgIpc) is 2.95. The SMILES string of the molecule is Cc1cc(Cl)ccc1-n1nc(-c2ccc(-c3ccccc3)cc2)c2c1NCCCC2. The number of rotatable bonds is 3. The molecule has 1 aromatic heterocycles. The molecule has 0 bridgehead atoms. The zero-order valence-corrected chi connectivity index (χ0v) is 17.8. The van der Waals surface area contributed by atoms with Crippen molar-refractivity contribution in [1.82, 2.24) is 9.78 Å². The summed E-state index contributed by atoms with van der Waals surface area (Å²) < 4.78 is 2.06. The van der Waals surface area contributed by atoms with Gasteiger partial charge in [0.05, 0.1) is 11.4 Å². The molecule has 1 aliphatic heterocycles. The van der Waals surface area contributed by atoms with Crippen molar-refractivity contribution in [3.8, 4) is 28.1 Å². The fourth-order valence-corrected chi connectivity index (χ4v) is 4.44. The predicted molar refractivity (Wildman–Crippen MR) is 126 cm³/mol. The van der Waals surface area contributed by atoms with Gasteiger partial charge in [-0.05, 0) is 61.1 Å². The first-order valence-corrected chi connectivity index (χ1v) is 10.9. The van der Waals surface area contributed by atoms with E-state index in [1.54, 1.807) is 0 Å². The summed E-state index contributed by atoms with van der Waals surface area (Å²) in [5, 5.41) is 9.46. The second kappa shape index (κ2) is 8.00. The molecule has 0 spiro atoms. The van der Waals surface area contributed by atoms with Gasteiger partial charge in [0.1, 0.15) is 5.82 Å². The molecule has 30 heavy (non-hydrogen) atoms. The number of nitrogens with zero attached hydrogens (tertiary/aromatic N) is 2. The van der Waals surface area contributed by atoms with Crippen LogP contribution in [0.15, 0.2) is 72.8 Å². The van der Waals surface area contributed by atoms with E-state index >= 15 is 0 Å². The minimum atomic E-state index is 0.749. The molecule has 0 fully saturated rings. The Morgan fingerprint density at radius 2 is 1.60 bits per heavy atom. The number of nitrogens with one attached hydrogen (secondary N) is 1. The number of anilines is 1. The highest BCUT2D eigenvalue weighted by atomic mass is 35.5. The average molecular weight is 414 g/mol. The summed E-state index contributed by atoms with van der Waals surface area (Å²) >= 11 is 6.20. The van der Waals surface area contributed by atoms with E-state index < -0.39 is 0 Å². The van der Waals surface area contributed by atoms with Gasteiger partial charge in [0.2, 0.25) is 0 Å². The summed E-state index contributed by atoms with van der Waals surface area (Å²) in [6, 6.07) is 25.2. The lowest BCUT2D eigenvalue weighted by molar-refractivity contribution is 0.779. The van der Waals surface area contributed by atoms with Crippen molar-refractivity contribution < 1.29 is 0 Å². The Morgan fingerprint density at radius 3 is 2.37 bits per heavy atom. The monoisotopic (exact) mass is 413 g/mol. The van der Waals surface area contributed by atoms with Gasteiger partial charge in [-0.15, -0.1) is 0 Å². The lowest BCUT2D eigenvalue weighted by Crippen LogP contribution is -2.08. The molecule has 0 saturated heterocycles. The molecule has 1 aliphatic rings. The van der Waals surface area contributed by atoms with Crippen LogP contribution in [0.1, 0.15) is 24.0 Å². The van der Waals surface area contributed by atoms with Crippen LogP contribution in [0.2, 0.25) is 5.02 Å². The van der Waals surface area contributed by atoms with Gasteiger partial charge in [0, 0.05) is 22.7 Å². The van der Waals surface area contributed by atoms with E-state index in [9.17, 15) is 0 Å². The summed E-state index contributed by atoms with van der Waals surface area (Å²) in [6.45, 7) is 3.05. The first-order chi connectivity index (χ1) is 14.7. The van der Waals surface area contributed by atoms with Crippen LogP contribution in [-0.2, 0) is 6.42 Å². The molecule has 4 heteroatoms. The van der Waals surface area contributed by atoms with Gasteiger partial charge >= 0.3 is 0 Å². The van der Waals surface area contributed by atoms with E-state index in [2.05, 4.69) is 71.5 Å². The predicted octanol–water partition coefficient (Wildman–Crippen LogP) is 6.92. The molecule has 4 aromatic rings. The summed E-state index contributed by atoms with van der Waals surface area (Å²) in [4.78, 5) is 0. The molecule has 0 radical (unpaired) electrons. The van der Waals surface area contributed by atoms with Gasteiger partial charge in [-0.2, -0.15) is 5.10 Å². The summed E-state index contributed by atoms with van der Waals surface area (Å²) in [5.74, 6) is 1.11. The molecule has 0 aliphatic carbocycles. The first kappa shape index (κ1) is 19.0. The quantitative estimate of drug-likeness (QED) is 0.395. The summed E-state index contributed by atoms with van der Waals surface area (Å²) in [7, 11) is 0. The van der Waals surface area contributed by atoms with Crippen molar-refractivity contribution >= 4 is 17.4 Å². The number of benzene rings is 3. The first-order valence-electron chi connectivity index (χ1n) is 10.5. The second-order valence-corrected chi connectivity index (χ2v) is 8.28. The van der Waals surface area contributed by atoms with E-state index in [4.69, 9.17) is 16.7 Å². The van der Waals surface area contributed by atoms with Gasteiger partial charge in [-0.25, -0.2) is 4.68 Å². The van der Waals surface area contributed by atoms with Crippen molar-refractivity contribution in [2.75, 3.05) is 11.9 Å². The largest absolute Gasteiger partial charge is 0.370 e. The Balaban J connectivity index is 1.61. The van der Waals surface area contributed by atoms with E-state index in [1.807, 2.05) is 18.2 Å². The van der Waals surface area contributed by atoms with Crippen molar-refractivity contribution in [1.29, 1.82) is 0 Å². The van der Waals surface area contributed by atoms with Crippen LogP contribution in [-0.4, -0.2) is 16.3 Å². The lowest BCUT2D eigenvalue weighted by atomic mass is 10.00. The molecule has 0 unspecified atom stereocenters. The van der Waals surface area contributed by atoms with E-state index in [-0.39, 0.29) is 0 Å². The minimum Gasteiger partial charge on any atom is -0.370 e. The molecule has 1 N–H and O–H groups in total. The number of hydrogen-bond donors (Lipinski definition) is 1. The van der Waals surface area contributed by atoms with Crippen LogP contribution in [0.25, 0.3) is 28.1 Å². The number of hydrogen-bond acceptors (Lipinski definition) is 2. The Hall–Kier alpha value is -3.04. The van der Waals surface area contributed by atoms with Crippen LogP contribution in [0.5, 0.6) is 0 Å². The van der Waals surface area contributed by atoms with E-state index in [0.717, 1.165) is 46.3 Å². The topological polar surface area (TPSA) is 29.9 Å². The zero-order valence-electron chi connectivity index (χ0n) is 17.0.